The van der Waals surface area contributed by atoms with Gasteiger partial charge in [-0.3, -0.25) is 4.79 Å². The smallest absolute Gasteiger partial charge is 0.407 e. The molecule has 0 bridgehead atoms. The summed E-state index contributed by atoms with van der Waals surface area (Å²) in [4.78, 5) is 23.2. The van der Waals surface area contributed by atoms with E-state index in [0.29, 0.717) is 28.0 Å². The molecule has 2 N–H and O–H groups in total. The fourth-order valence-electron chi connectivity index (χ4n) is 1.49. The average molecular weight is 379 g/mol. The maximum Gasteiger partial charge on any atom is 0.407 e. The van der Waals surface area contributed by atoms with Crippen LogP contribution in [0.5, 0.6) is 0 Å². The molecule has 5 nitrogen and oxygen atoms in total. The van der Waals surface area contributed by atoms with Crippen LogP contribution in [0.15, 0.2) is 18.2 Å². The molecular formula is C15H20Cl2N2O3S. The number of benzene rings is 1. The summed E-state index contributed by atoms with van der Waals surface area (Å²) < 4.78 is 5.10. The maximum absolute atomic E-state index is 11.8. The molecule has 23 heavy (non-hydrogen) atoms. The molecule has 1 aromatic rings. The van der Waals surface area contributed by atoms with Gasteiger partial charge in [-0.1, -0.05) is 29.3 Å². The predicted molar refractivity (Wildman–Crippen MR) is 96.7 cm³/mol. The first kappa shape index (κ1) is 19.9. The van der Waals surface area contributed by atoms with Gasteiger partial charge in [-0.25, -0.2) is 4.79 Å². The molecule has 1 aromatic carbocycles. The van der Waals surface area contributed by atoms with Crippen molar-refractivity contribution in [3.63, 3.8) is 0 Å². The number of anilines is 1. The van der Waals surface area contributed by atoms with E-state index < -0.39 is 11.7 Å². The van der Waals surface area contributed by atoms with Crippen LogP contribution in [0.2, 0.25) is 10.0 Å². The van der Waals surface area contributed by atoms with Crippen LogP contribution in [0.4, 0.5) is 10.5 Å². The first-order chi connectivity index (χ1) is 10.7. The van der Waals surface area contributed by atoms with Crippen molar-refractivity contribution in [3.8, 4) is 0 Å². The number of carbonyl (C=O) groups is 2. The van der Waals surface area contributed by atoms with Crippen LogP contribution in [-0.2, 0) is 9.53 Å². The van der Waals surface area contributed by atoms with Crippen molar-refractivity contribution in [3.05, 3.63) is 28.2 Å². The number of ether oxygens (including phenoxy) is 1. The molecule has 128 valence electrons. The molecule has 8 heteroatoms. The predicted octanol–water partition coefficient (Wildman–Crippen LogP) is 4.19. The zero-order valence-electron chi connectivity index (χ0n) is 13.2. The lowest BCUT2D eigenvalue weighted by atomic mass is 10.2. The quantitative estimate of drug-likeness (QED) is 0.728. The van der Waals surface area contributed by atoms with Crippen molar-refractivity contribution in [2.45, 2.75) is 26.4 Å². The highest BCUT2D eigenvalue weighted by Gasteiger charge is 2.15. The number of amides is 2. The van der Waals surface area contributed by atoms with Crippen molar-refractivity contribution in [1.82, 2.24) is 5.32 Å². The van der Waals surface area contributed by atoms with Gasteiger partial charge in [0.1, 0.15) is 5.60 Å². The van der Waals surface area contributed by atoms with E-state index in [1.165, 1.54) is 11.8 Å². The third-order valence-electron chi connectivity index (χ3n) is 2.37. The first-order valence-corrected chi connectivity index (χ1v) is 8.88. The van der Waals surface area contributed by atoms with Gasteiger partial charge in [-0.2, -0.15) is 11.8 Å². The summed E-state index contributed by atoms with van der Waals surface area (Å²) in [6.45, 7) is 5.82. The number of hydrogen-bond acceptors (Lipinski definition) is 4. The molecule has 0 atom stereocenters. The lowest BCUT2D eigenvalue weighted by Crippen LogP contribution is -2.33. The second-order valence-electron chi connectivity index (χ2n) is 5.63. The van der Waals surface area contributed by atoms with E-state index in [0.717, 1.165) is 0 Å². The normalized spacial score (nSPS) is 11.0. The number of alkyl carbamates (subject to hydrolysis) is 1. The van der Waals surface area contributed by atoms with Gasteiger partial charge in [0.15, 0.2) is 0 Å². The van der Waals surface area contributed by atoms with Crippen LogP contribution in [0.25, 0.3) is 0 Å². The molecular weight excluding hydrogens is 359 g/mol. The van der Waals surface area contributed by atoms with Gasteiger partial charge < -0.3 is 15.4 Å². The summed E-state index contributed by atoms with van der Waals surface area (Å²) in [7, 11) is 0. The topological polar surface area (TPSA) is 67.4 Å². The number of hydrogen-bond donors (Lipinski definition) is 2. The van der Waals surface area contributed by atoms with Crippen molar-refractivity contribution >= 4 is 52.7 Å². The fraction of sp³-hybridized carbons (Fsp3) is 0.467. The van der Waals surface area contributed by atoms with Crippen LogP contribution >= 0.6 is 35.0 Å². The number of halogens is 2. The van der Waals surface area contributed by atoms with Gasteiger partial charge in [-0.15, -0.1) is 0 Å². The second-order valence-corrected chi connectivity index (χ2v) is 7.52. The van der Waals surface area contributed by atoms with E-state index in [1.807, 2.05) is 0 Å². The lowest BCUT2D eigenvalue weighted by Gasteiger charge is -2.19. The minimum absolute atomic E-state index is 0.184. The van der Waals surface area contributed by atoms with Crippen LogP contribution in [0.1, 0.15) is 20.8 Å². The molecule has 1 rings (SSSR count). The summed E-state index contributed by atoms with van der Waals surface area (Å²) in [5.74, 6) is 0.658. The molecule has 0 fully saturated rings. The highest BCUT2D eigenvalue weighted by atomic mass is 35.5. The molecule has 0 spiro atoms. The molecule has 0 unspecified atom stereocenters. The number of thioether (sulfide) groups is 1. The van der Waals surface area contributed by atoms with Gasteiger partial charge in [0.2, 0.25) is 5.91 Å². The zero-order chi connectivity index (χ0) is 17.5. The standard InChI is InChI=1S/C15H20Cl2N2O3S/c1-15(2,3)22-14(21)18-7-8-23-9-12(20)19-11-6-4-5-10(16)13(11)17/h4-6H,7-9H2,1-3H3,(H,18,21)(H,19,20). The summed E-state index contributed by atoms with van der Waals surface area (Å²) in [5, 5.41) is 6.03. The van der Waals surface area contributed by atoms with Crippen molar-refractivity contribution in [2.24, 2.45) is 0 Å². The fourth-order valence-corrected chi connectivity index (χ4v) is 2.49. The monoisotopic (exact) mass is 378 g/mol. The van der Waals surface area contributed by atoms with E-state index in [-0.39, 0.29) is 11.7 Å². The SMILES string of the molecule is CC(C)(C)OC(=O)NCCSCC(=O)Nc1cccc(Cl)c1Cl. The van der Waals surface area contributed by atoms with Crippen LogP contribution in [0.3, 0.4) is 0 Å². The Bertz CT molecular complexity index is 562. The van der Waals surface area contributed by atoms with Gasteiger partial charge in [0, 0.05) is 12.3 Å². The Balaban J connectivity index is 2.22. The summed E-state index contributed by atoms with van der Waals surface area (Å²) in [5.41, 5.74) is -0.0375. The number of carbonyl (C=O) groups excluding carboxylic acids is 2. The van der Waals surface area contributed by atoms with Gasteiger partial charge in [0.25, 0.3) is 0 Å². The Labute approximate surface area is 150 Å². The van der Waals surface area contributed by atoms with E-state index in [2.05, 4.69) is 10.6 Å². The Kier molecular flexibility index (Phi) is 8.02. The zero-order valence-corrected chi connectivity index (χ0v) is 15.6. The Morgan fingerprint density at radius 2 is 1.96 bits per heavy atom. The summed E-state index contributed by atoms with van der Waals surface area (Å²) in [6.07, 6.45) is -0.465. The molecule has 0 aliphatic rings. The molecule has 0 saturated heterocycles. The molecule has 0 aliphatic heterocycles. The largest absolute Gasteiger partial charge is 0.444 e. The highest BCUT2D eigenvalue weighted by Crippen LogP contribution is 2.29. The van der Waals surface area contributed by atoms with E-state index in [9.17, 15) is 9.59 Å². The minimum Gasteiger partial charge on any atom is -0.444 e. The molecule has 0 aromatic heterocycles. The average Bonchev–Trinajstić information content (AvgIpc) is 2.41. The van der Waals surface area contributed by atoms with Gasteiger partial charge >= 0.3 is 6.09 Å². The lowest BCUT2D eigenvalue weighted by molar-refractivity contribution is -0.113. The van der Waals surface area contributed by atoms with Crippen molar-refractivity contribution in [2.75, 3.05) is 23.4 Å². The van der Waals surface area contributed by atoms with Crippen molar-refractivity contribution in [1.29, 1.82) is 0 Å². The minimum atomic E-state index is -0.520. The van der Waals surface area contributed by atoms with Crippen molar-refractivity contribution < 1.29 is 14.3 Å². The Morgan fingerprint density at radius 3 is 2.61 bits per heavy atom. The molecule has 0 saturated carbocycles. The maximum atomic E-state index is 11.8. The van der Waals surface area contributed by atoms with Crippen LogP contribution < -0.4 is 10.6 Å². The molecule has 0 radical (unpaired) electrons. The highest BCUT2D eigenvalue weighted by molar-refractivity contribution is 7.99. The molecule has 0 aliphatic carbocycles. The third kappa shape index (κ3) is 8.34. The number of rotatable bonds is 6. The summed E-state index contributed by atoms with van der Waals surface area (Å²) >= 11 is 13.3. The Hall–Kier alpha value is -1.11. The van der Waals surface area contributed by atoms with E-state index in [1.54, 1.807) is 39.0 Å². The molecule has 0 heterocycles. The number of nitrogens with one attached hydrogen (secondary N) is 2. The van der Waals surface area contributed by atoms with Gasteiger partial charge in [0.05, 0.1) is 21.5 Å². The van der Waals surface area contributed by atoms with Crippen LogP contribution in [0, 0.1) is 0 Å². The van der Waals surface area contributed by atoms with Gasteiger partial charge in [-0.05, 0) is 32.9 Å². The molecule has 2 amide bonds. The first-order valence-electron chi connectivity index (χ1n) is 6.97. The Morgan fingerprint density at radius 1 is 1.26 bits per heavy atom. The van der Waals surface area contributed by atoms with Crippen LogP contribution in [-0.4, -0.2) is 35.7 Å². The van der Waals surface area contributed by atoms with E-state index in [4.69, 9.17) is 27.9 Å². The third-order valence-corrected chi connectivity index (χ3v) is 4.15. The second kappa shape index (κ2) is 9.25. The summed E-state index contributed by atoms with van der Waals surface area (Å²) in [6, 6.07) is 5.04. The van der Waals surface area contributed by atoms with E-state index >= 15 is 0 Å².